The van der Waals surface area contributed by atoms with Crippen LogP contribution in [0.3, 0.4) is 0 Å². The van der Waals surface area contributed by atoms with E-state index in [0.29, 0.717) is 19.1 Å². The first-order valence-corrected chi connectivity index (χ1v) is 9.97. The molecule has 2 aliphatic heterocycles. The Hall–Kier alpha value is -1.66. The topological polar surface area (TPSA) is 56.6 Å². The van der Waals surface area contributed by atoms with Gasteiger partial charge in [0.1, 0.15) is 0 Å². The van der Waals surface area contributed by atoms with Gasteiger partial charge >= 0.3 is 0 Å². The molecule has 0 bridgehead atoms. The summed E-state index contributed by atoms with van der Waals surface area (Å²) >= 11 is 0. The van der Waals surface area contributed by atoms with E-state index in [4.69, 9.17) is 9.47 Å². The van der Waals surface area contributed by atoms with Gasteiger partial charge in [-0.3, -0.25) is 9.48 Å². The van der Waals surface area contributed by atoms with Crippen molar-refractivity contribution in [1.82, 2.24) is 14.7 Å². The van der Waals surface area contributed by atoms with E-state index < -0.39 is 0 Å². The highest BCUT2D eigenvalue weighted by Crippen LogP contribution is 2.27. The number of hydrogen-bond donors (Lipinski definition) is 0. The van der Waals surface area contributed by atoms with Crippen LogP contribution in [0.25, 0.3) is 0 Å². The zero-order valence-electron chi connectivity index (χ0n) is 15.4. The molecule has 6 heteroatoms. The lowest BCUT2D eigenvalue weighted by Crippen LogP contribution is -2.42. The Kier molecular flexibility index (Phi) is 5.70. The van der Waals surface area contributed by atoms with Crippen LogP contribution in [-0.2, 0) is 20.8 Å². The summed E-state index contributed by atoms with van der Waals surface area (Å²) in [5, 5.41) is 4.49. The summed E-state index contributed by atoms with van der Waals surface area (Å²) in [7, 11) is 0. The molecule has 4 rings (SSSR count). The minimum absolute atomic E-state index is 0.203. The van der Waals surface area contributed by atoms with Crippen LogP contribution in [0.4, 0.5) is 0 Å². The number of allylic oxidation sites excluding steroid dienone is 1. The second-order valence-electron chi connectivity index (χ2n) is 7.65. The monoisotopic (exact) mass is 359 g/mol. The van der Waals surface area contributed by atoms with Crippen molar-refractivity contribution in [2.45, 2.75) is 51.1 Å². The largest absolute Gasteiger partial charge is 0.381 e. The Balaban J connectivity index is 1.32. The van der Waals surface area contributed by atoms with Crippen LogP contribution in [0.2, 0.25) is 0 Å². The van der Waals surface area contributed by atoms with Gasteiger partial charge in [0.15, 0.2) is 0 Å². The molecule has 1 aliphatic carbocycles. The first-order valence-electron chi connectivity index (χ1n) is 9.97. The molecule has 0 radical (unpaired) electrons. The maximum atomic E-state index is 12.8. The van der Waals surface area contributed by atoms with Gasteiger partial charge in [0.25, 0.3) is 0 Å². The molecule has 1 aromatic rings. The average molecular weight is 359 g/mol. The molecule has 142 valence electrons. The summed E-state index contributed by atoms with van der Waals surface area (Å²) in [5.41, 5.74) is 2.12. The lowest BCUT2D eigenvalue weighted by Gasteiger charge is -2.34. The van der Waals surface area contributed by atoms with Crippen molar-refractivity contribution >= 4 is 5.91 Å². The number of aromatic nitrogens is 2. The maximum Gasteiger partial charge on any atom is 0.249 e. The molecule has 0 aromatic carbocycles. The van der Waals surface area contributed by atoms with E-state index in [1.807, 2.05) is 17.2 Å². The number of ether oxygens (including phenoxy) is 2. The van der Waals surface area contributed by atoms with Crippen molar-refractivity contribution in [2.75, 3.05) is 33.0 Å². The molecule has 1 atom stereocenters. The smallest absolute Gasteiger partial charge is 0.249 e. The molecular weight excluding hydrogens is 330 g/mol. The average Bonchev–Trinajstić information content (AvgIpc) is 3.37. The highest BCUT2D eigenvalue weighted by Gasteiger charge is 2.30. The second kappa shape index (κ2) is 8.35. The molecule has 0 spiro atoms. The van der Waals surface area contributed by atoms with Gasteiger partial charge in [-0.1, -0.05) is 6.08 Å². The predicted molar refractivity (Wildman–Crippen MR) is 97.6 cm³/mol. The van der Waals surface area contributed by atoms with Crippen molar-refractivity contribution in [2.24, 2.45) is 5.92 Å². The van der Waals surface area contributed by atoms with Crippen LogP contribution < -0.4 is 0 Å². The number of amides is 1. The van der Waals surface area contributed by atoms with E-state index in [1.165, 1.54) is 0 Å². The van der Waals surface area contributed by atoms with E-state index >= 15 is 0 Å². The Morgan fingerprint density at radius 2 is 2.23 bits per heavy atom. The van der Waals surface area contributed by atoms with Crippen molar-refractivity contribution in [1.29, 1.82) is 0 Å². The van der Waals surface area contributed by atoms with Gasteiger partial charge in [-0.2, -0.15) is 5.10 Å². The molecule has 1 amide bonds. The van der Waals surface area contributed by atoms with Crippen LogP contribution in [0.15, 0.2) is 23.9 Å². The Bertz CT molecular complexity index is 648. The van der Waals surface area contributed by atoms with Crippen LogP contribution in [0.5, 0.6) is 0 Å². The summed E-state index contributed by atoms with van der Waals surface area (Å²) < 4.78 is 13.4. The maximum absolute atomic E-state index is 12.8. The molecule has 6 nitrogen and oxygen atoms in total. The van der Waals surface area contributed by atoms with Gasteiger partial charge in [-0.25, -0.2) is 0 Å². The predicted octanol–water partition coefficient (Wildman–Crippen LogP) is 2.71. The quantitative estimate of drug-likeness (QED) is 0.733. The molecule has 26 heavy (non-hydrogen) atoms. The summed E-state index contributed by atoms with van der Waals surface area (Å²) in [6.45, 7) is 4.64. The van der Waals surface area contributed by atoms with Crippen molar-refractivity contribution in [3.8, 4) is 0 Å². The third-order valence-electron chi connectivity index (χ3n) is 5.77. The molecular formula is C20H29N3O3. The van der Waals surface area contributed by atoms with Crippen LogP contribution >= 0.6 is 0 Å². The fourth-order valence-corrected chi connectivity index (χ4v) is 4.21. The summed E-state index contributed by atoms with van der Waals surface area (Å²) in [4.78, 5) is 14.8. The second-order valence-corrected chi connectivity index (χ2v) is 7.65. The Morgan fingerprint density at radius 3 is 3.04 bits per heavy atom. The number of nitrogens with zero attached hydrogens (tertiary/aromatic N) is 3. The van der Waals surface area contributed by atoms with Crippen molar-refractivity contribution in [3.05, 3.63) is 29.6 Å². The third kappa shape index (κ3) is 4.01. The van der Waals surface area contributed by atoms with Crippen molar-refractivity contribution in [3.63, 3.8) is 0 Å². The normalized spacial score (nSPS) is 23.8. The van der Waals surface area contributed by atoms with Gasteiger partial charge in [-0.05, 0) is 50.5 Å². The van der Waals surface area contributed by atoms with Gasteiger partial charge in [0, 0.05) is 44.7 Å². The number of fused-ring (bicyclic) bond motifs is 1. The fraction of sp³-hybridized carbons (Fsp3) is 0.700. The molecule has 0 saturated carbocycles. The van der Waals surface area contributed by atoms with E-state index in [0.717, 1.165) is 76.2 Å². The SMILES string of the molecule is O=C(C1=CCCC1)N1Cc2ccnn2C(CCOCC2CCOCC2)C1. The Labute approximate surface area is 155 Å². The first kappa shape index (κ1) is 17.7. The molecule has 1 saturated heterocycles. The number of hydrogen-bond acceptors (Lipinski definition) is 4. The summed E-state index contributed by atoms with van der Waals surface area (Å²) in [6, 6.07) is 2.23. The van der Waals surface area contributed by atoms with E-state index in [9.17, 15) is 4.79 Å². The lowest BCUT2D eigenvalue weighted by molar-refractivity contribution is -0.129. The molecule has 0 N–H and O–H groups in total. The van der Waals surface area contributed by atoms with Gasteiger partial charge in [0.2, 0.25) is 5.91 Å². The highest BCUT2D eigenvalue weighted by atomic mass is 16.5. The van der Waals surface area contributed by atoms with Gasteiger partial charge in [-0.15, -0.1) is 0 Å². The molecule has 1 aromatic heterocycles. The number of carbonyl (C=O) groups excluding carboxylic acids is 1. The summed E-state index contributed by atoms with van der Waals surface area (Å²) in [6.07, 6.45) is 10.1. The summed E-state index contributed by atoms with van der Waals surface area (Å²) in [5.74, 6) is 0.839. The molecule has 3 heterocycles. The van der Waals surface area contributed by atoms with E-state index in [2.05, 4.69) is 15.9 Å². The standard InChI is InChI=1S/C20H29N3O3/c24-20(17-3-1-2-4-17)22-13-18-5-9-21-23(18)19(14-22)8-12-26-15-16-6-10-25-11-7-16/h3,5,9,16,19H,1-2,4,6-8,10-15H2. The lowest BCUT2D eigenvalue weighted by atomic mass is 10.0. The van der Waals surface area contributed by atoms with E-state index in [-0.39, 0.29) is 11.9 Å². The van der Waals surface area contributed by atoms with Gasteiger partial charge < -0.3 is 14.4 Å². The first-order chi connectivity index (χ1) is 12.8. The number of rotatable bonds is 6. The minimum Gasteiger partial charge on any atom is -0.381 e. The minimum atomic E-state index is 0.203. The zero-order valence-corrected chi connectivity index (χ0v) is 15.4. The molecule has 1 fully saturated rings. The third-order valence-corrected chi connectivity index (χ3v) is 5.77. The van der Waals surface area contributed by atoms with E-state index in [1.54, 1.807) is 0 Å². The van der Waals surface area contributed by atoms with Crippen molar-refractivity contribution < 1.29 is 14.3 Å². The zero-order chi connectivity index (χ0) is 17.8. The van der Waals surface area contributed by atoms with Gasteiger partial charge in [0.05, 0.1) is 18.3 Å². The highest BCUT2D eigenvalue weighted by molar-refractivity contribution is 5.93. The number of carbonyl (C=O) groups is 1. The van der Waals surface area contributed by atoms with Crippen LogP contribution in [0.1, 0.15) is 50.3 Å². The van der Waals surface area contributed by atoms with Crippen LogP contribution in [-0.4, -0.2) is 53.6 Å². The Morgan fingerprint density at radius 1 is 1.35 bits per heavy atom. The fourth-order valence-electron chi connectivity index (χ4n) is 4.21. The van der Waals surface area contributed by atoms with Crippen LogP contribution in [0, 0.1) is 5.92 Å². The molecule has 1 unspecified atom stereocenters. The molecule has 3 aliphatic rings.